The highest BCUT2D eigenvalue weighted by Crippen LogP contribution is 2.57. The zero-order valence-electron chi connectivity index (χ0n) is 27.6. The van der Waals surface area contributed by atoms with Crippen LogP contribution in [0.15, 0.2) is 140 Å². The van der Waals surface area contributed by atoms with Crippen molar-refractivity contribution in [2.45, 2.75) is 38.5 Å². The van der Waals surface area contributed by atoms with Crippen LogP contribution >= 0.6 is 11.3 Å². The molecule has 8 aromatic rings. The summed E-state index contributed by atoms with van der Waals surface area (Å²) in [5.74, 6) is 0. The first-order valence-electron chi connectivity index (χ1n) is 16.9. The van der Waals surface area contributed by atoms with E-state index in [-0.39, 0.29) is 10.8 Å². The van der Waals surface area contributed by atoms with Gasteiger partial charge in [0.2, 0.25) is 0 Å². The second-order valence-corrected chi connectivity index (χ2v) is 15.5. The SMILES string of the molecule is CC1(C)c2ccccc2-c2ccc(N(c3cccc4c3-c3ccccc3C4(C)C)c3cccc4c3sc3c5ccccc5ccc43)cc21. The Morgan fingerprint density at radius 2 is 1.04 bits per heavy atom. The lowest BCUT2D eigenvalue weighted by atomic mass is 9.82. The Kier molecular flexibility index (Phi) is 5.63. The van der Waals surface area contributed by atoms with Gasteiger partial charge in [0.25, 0.3) is 0 Å². The van der Waals surface area contributed by atoms with E-state index in [9.17, 15) is 0 Å². The van der Waals surface area contributed by atoms with Crippen LogP contribution in [0.25, 0.3) is 53.2 Å². The first kappa shape index (κ1) is 27.9. The summed E-state index contributed by atoms with van der Waals surface area (Å²) in [5, 5.41) is 5.24. The van der Waals surface area contributed by atoms with Gasteiger partial charge in [-0.1, -0.05) is 143 Å². The third-order valence-corrected chi connectivity index (χ3v) is 12.5. The average molecular weight is 634 g/mol. The van der Waals surface area contributed by atoms with E-state index < -0.39 is 0 Å². The molecule has 7 aromatic carbocycles. The Hall–Kier alpha value is -5.18. The molecule has 0 saturated carbocycles. The Labute approximate surface area is 285 Å². The minimum Gasteiger partial charge on any atom is -0.308 e. The first-order valence-corrected chi connectivity index (χ1v) is 17.8. The van der Waals surface area contributed by atoms with Crippen LogP contribution in [-0.2, 0) is 10.8 Å². The van der Waals surface area contributed by atoms with E-state index in [1.165, 1.54) is 92.5 Å². The zero-order valence-corrected chi connectivity index (χ0v) is 28.5. The Morgan fingerprint density at radius 1 is 0.438 bits per heavy atom. The van der Waals surface area contributed by atoms with Gasteiger partial charge >= 0.3 is 0 Å². The quantitative estimate of drug-likeness (QED) is 0.187. The Bertz CT molecular complexity index is 2630. The standard InChI is InChI=1S/C46H35NS/c1-45(2)37-19-10-8-16-35(37)42-38(45)20-12-21-40(42)47(29-24-26-32-31-15-7-9-18-36(31)46(3,4)39(32)27-29)41-22-11-17-33-34-25-23-28-13-5-6-14-30(28)43(34)48-44(33)41/h5-27H,1-4H3. The smallest absolute Gasteiger partial charge is 0.0640 e. The molecule has 0 amide bonds. The predicted molar refractivity (Wildman–Crippen MR) is 207 cm³/mol. The van der Waals surface area contributed by atoms with Crippen LogP contribution in [-0.4, -0.2) is 0 Å². The van der Waals surface area contributed by atoms with Gasteiger partial charge in [-0.15, -0.1) is 11.3 Å². The first-order chi connectivity index (χ1) is 23.3. The third-order valence-electron chi connectivity index (χ3n) is 11.3. The topological polar surface area (TPSA) is 3.24 Å². The molecule has 0 atom stereocenters. The molecule has 2 aliphatic carbocycles. The molecule has 0 saturated heterocycles. The summed E-state index contributed by atoms with van der Waals surface area (Å²) in [6, 6.07) is 52.4. The minimum absolute atomic E-state index is 0.0856. The monoisotopic (exact) mass is 633 g/mol. The highest BCUT2D eigenvalue weighted by molar-refractivity contribution is 7.27. The Balaban J connectivity index is 1.30. The lowest BCUT2D eigenvalue weighted by Gasteiger charge is -2.30. The van der Waals surface area contributed by atoms with E-state index in [0.29, 0.717) is 0 Å². The van der Waals surface area contributed by atoms with Gasteiger partial charge in [-0.05, 0) is 74.0 Å². The maximum Gasteiger partial charge on any atom is 0.0640 e. The van der Waals surface area contributed by atoms with E-state index in [4.69, 9.17) is 0 Å². The van der Waals surface area contributed by atoms with Crippen molar-refractivity contribution in [2.75, 3.05) is 4.90 Å². The molecule has 230 valence electrons. The second kappa shape index (κ2) is 9.69. The fraction of sp³-hybridized carbons (Fsp3) is 0.130. The molecular weight excluding hydrogens is 599 g/mol. The number of hydrogen-bond donors (Lipinski definition) is 0. The molecule has 0 aliphatic heterocycles. The number of fused-ring (bicyclic) bond motifs is 11. The highest BCUT2D eigenvalue weighted by Gasteiger charge is 2.39. The number of hydrogen-bond acceptors (Lipinski definition) is 2. The van der Waals surface area contributed by atoms with Crippen molar-refractivity contribution in [3.63, 3.8) is 0 Å². The summed E-state index contributed by atoms with van der Waals surface area (Å²) in [6.45, 7) is 9.50. The van der Waals surface area contributed by atoms with Crippen LogP contribution in [0.3, 0.4) is 0 Å². The average Bonchev–Trinajstić information content (AvgIpc) is 3.70. The summed E-state index contributed by atoms with van der Waals surface area (Å²) in [4.78, 5) is 2.57. The maximum atomic E-state index is 2.57. The van der Waals surface area contributed by atoms with Crippen molar-refractivity contribution in [2.24, 2.45) is 0 Å². The van der Waals surface area contributed by atoms with Crippen molar-refractivity contribution in [3.8, 4) is 22.3 Å². The minimum atomic E-state index is -0.0939. The van der Waals surface area contributed by atoms with Crippen LogP contribution in [0, 0.1) is 0 Å². The van der Waals surface area contributed by atoms with Crippen LogP contribution in [0.2, 0.25) is 0 Å². The molecule has 10 rings (SSSR count). The summed E-state index contributed by atoms with van der Waals surface area (Å²) >= 11 is 1.93. The molecule has 0 spiro atoms. The number of thiophene rings is 1. The van der Waals surface area contributed by atoms with Gasteiger partial charge in [-0.2, -0.15) is 0 Å². The fourth-order valence-corrected chi connectivity index (χ4v) is 10.2. The van der Waals surface area contributed by atoms with Gasteiger partial charge in [0, 0.05) is 37.6 Å². The summed E-state index contributed by atoms with van der Waals surface area (Å²) in [7, 11) is 0. The fourth-order valence-electron chi connectivity index (χ4n) is 8.85. The largest absolute Gasteiger partial charge is 0.308 e. The van der Waals surface area contributed by atoms with Gasteiger partial charge in [-0.25, -0.2) is 0 Å². The number of nitrogens with zero attached hydrogens (tertiary/aromatic N) is 1. The van der Waals surface area contributed by atoms with Crippen LogP contribution in [0.4, 0.5) is 17.1 Å². The van der Waals surface area contributed by atoms with Gasteiger partial charge in [-0.3, -0.25) is 0 Å². The molecule has 2 heteroatoms. The van der Waals surface area contributed by atoms with E-state index in [1.807, 2.05) is 11.3 Å². The van der Waals surface area contributed by atoms with Crippen molar-refractivity contribution in [1.29, 1.82) is 0 Å². The Morgan fingerprint density at radius 3 is 1.90 bits per heavy atom. The molecule has 1 nitrogen and oxygen atoms in total. The normalized spacial score (nSPS) is 15.0. The highest BCUT2D eigenvalue weighted by atomic mass is 32.1. The number of anilines is 3. The molecule has 0 unspecified atom stereocenters. The van der Waals surface area contributed by atoms with E-state index in [2.05, 4.69) is 172 Å². The van der Waals surface area contributed by atoms with Gasteiger partial charge in [0.1, 0.15) is 0 Å². The van der Waals surface area contributed by atoms with Crippen LogP contribution in [0.1, 0.15) is 49.9 Å². The van der Waals surface area contributed by atoms with Crippen molar-refractivity contribution in [3.05, 3.63) is 162 Å². The van der Waals surface area contributed by atoms with Gasteiger partial charge < -0.3 is 4.90 Å². The predicted octanol–water partition coefficient (Wildman–Crippen LogP) is 13.3. The molecule has 48 heavy (non-hydrogen) atoms. The van der Waals surface area contributed by atoms with Crippen molar-refractivity contribution >= 4 is 59.3 Å². The molecule has 2 aliphatic rings. The molecule has 0 radical (unpaired) electrons. The summed E-state index contributed by atoms with van der Waals surface area (Å²) in [5.41, 5.74) is 14.4. The lowest BCUT2D eigenvalue weighted by molar-refractivity contribution is 0.660. The molecule has 0 bridgehead atoms. The third kappa shape index (κ3) is 3.61. The summed E-state index contributed by atoms with van der Waals surface area (Å²) in [6.07, 6.45) is 0. The molecule has 0 fully saturated rings. The van der Waals surface area contributed by atoms with Crippen LogP contribution < -0.4 is 4.90 Å². The van der Waals surface area contributed by atoms with Gasteiger partial charge in [0.15, 0.2) is 0 Å². The zero-order chi connectivity index (χ0) is 32.4. The summed E-state index contributed by atoms with van der Waals surface area (Å²) < 4.78 is 2.67. The van der Waals surface area contributed by atoms with E-state index in [1.54, 1.807) is 0 Å². The second-order valence-electron chi connectivity index (χ2n) is 14.5. The molecule has 1 aromatic heterocycles. The van der Waals surface area contributed by atoms with Crippen molar-refractivity contribution in [1.82, 2.24) is 0 Å². The van der Waals surface area contributed by atoms with E-state index >= 15 is 0 Å². The van der Waals surface area contributed by atoms with Crippen molar-refractivity contribution < 1.29 is 0 Å². The molecule has 0 N–H and O–H groups in total. The molecular formula is C46H35NS. The van der Waals surface area contributed by atoms with E-state index in [0.717, 1.165) is 0 Å². The number of rotatable bonds is 3. The maximum absolute atomic E-state index is 2.57. The van der Waals surface area contributed by atoms with Gasteiger partial charge in [0.05, 0.1) is 16.1 Å². The number of benzene rings is 7. The molecule has 1 heterocycles. The lowest BCUT2D eigenvalue weighted by Crippen LogP contribution is -2.17. The van der Waals surface area contributed by atoms with Crippen LogP contribution in [0.5, 0.6) is 0 Å².